The number of rotatable bonds is 3. The first-order chi connectivity index (χ1) is 9.41. The number of hydrogen-bond acceptors (Lipinski definition) is 4. The summed E-state index contributed by atoms with van der Waals surface area (Å²) >= 11 is 0. The number of pyridine rings is 1. The second kappa shape index (κ2) is 6.10. The molecular formula is C16H27N3O. The van der Waals surface area contributed by atoms with Crippen molar-refractivity contribution in [2.75, 3.05) is 31.1 Å². The molecular weight excluding hydrogens is 250 g/mol. The highest BCUT2D eigenvalue weighted by Gasteiger charge is 2.25. The summed E-state index contributed by atoms with van der Waals surface area (Å²) in [5, 5.41) is 9.77. The second-order valence-corrected chi connectivity index (χ2v) is 6.51. The van der Waals surface area contributed by atoms with E-state index in [1.807, 2.05) is 19.2 Å². The molecule has 2 heterocycles. The van der Waals surface area contributed by atoms with E-state index in [4.69, 9.17) is 0 Å². The van der Waals surface area contributed by atoms with Gasteiger partial charge in [-0.05, 0) is 39.3 Å². The van der Waals surface area contributed by atoms with Crippen LogP contribution in [0.5, 0.6) is 0 Å². The van der Waals surface area contributed by atoms with E-state index in [2.05, 4.69) is 41.6 Å². The molecule has 1 aromatic heterocycles. The lowest BCUT2D eigenvalue weighted by molar-refractivity contribution is 0.128. The summed E-state index contributed by atoms with van der Waals surface area (Å²) in [5.74, 6) is 0. The van der Waals surface area contributed by atoms with Crippen molar-refractivity contribution in [3.05, 3.63) is 24.0 Å². The van der Waals surface area contributed by atoms with Gasteiger partial charge >= 0.3 is 0 Å². The molecule has 0 spiro atoms. The summed E-state index contributed by atoms with van der Waals surface area (Å²) in [4.78, 5) is 9.28. The molecule has 0 unspecified atom stereocenters. The van der Waals surface area contributed by atoms with Gasteiger partial charge in [0.2, 0.25) is 0 Å². The summed E-state index contributed by atoms with van der Waals surface area (Å²) in [5.41, 5.74) is 2.18. The predicted molar refractivity (Wildman–Crippen MR) is 83.0 cm³/mol. The van der Waals surface area contributed by atoms with Gasteiger partial charge in [-0.1, -0.05) is 6.92 Å². The quantitative estimate of drug-likeness (QED) is 0.921. The number of nitrogens with zero attached hydrogens (tertiary/aromatic N) is 3. The van der Waals surface area contributed by atoms with Crippen LogP contribution < -0.4 is 4.90 Å². The topological polar surface area (TPSA) is 39.6 Å². The zero-order valence-electron chi connectivity index (χ0n) is 13.1. The second-order valence-electron chi connectivity index (χ2n) is 6.51. The van der Waals surface area contributed by atoms with Gasteiger partial charge in [-0.3, -0.25) is 9.88 Å². The van der Waals surface area contributed by atoms with Gasteiger partial charge in [0, 0.05) is 31.7 Å². The van der Waals surface area contributed by atoms with Gasteiger partial charge in [-0.2, -0.15) is 0 Å². The predicted octanol–water partition coefficient (Wildman–Crippen LogP) is 2.45. The summed E-state index contributed by atoms with van der Waals surface area (Å²) in [6.45, 7) is 13.0. The maximum atomic E-state index is 9.77. The Bertz CT molecular complexity index is 416. The SMILES string of the molecule is CC[C@@H](O)c1ccc(N2CCN(C(C)(C)C)CC2)cn1. The molecule has 0 aromatic carbocycles. The molecule has 1 aliphatic rings. The van der Waals surface area contributed by atoms with Crippen LogP contribution >= 0.6 is 0 Å². The first-order valence-electron chi connectivity index (χ1n) is 7.56. The van der Waals surface area contributed by atoms with E-state index in [0.29, 0.717) is 6.42 Å². The van der Waals surface area contributed by atoms with Crippen LogP contribution in [0, 0.1) is 0 Å². The van der Waals surface area contributed by atoms with Crippen LogP contribution in [-0.4, -0.2) is 46.7 Å². The van der Waals surface area contributed by atoms with Crippen molar-refractivity contribution in [2.45, 2.75) is 45.8 Å². The summed E-state index contributed by atoms with van der Waals surface area (Å²) in [6, 6.07) is 4.02. The molecule has 2 rings (SSSR count). The lowest BCUT2D eigenvalue weighted by Crippen LogP contribution is -2.53. The first-order valence-corrected chi connectivity index (χ1v) is 7.56. The molecule has 1 aliphatic heterocycles. The minimum atomic E-state index is -0.443. The molecule has 112 valence electrons. The van der Waals surface area contributed by atoms with Crippen LogP contribution in [0.2, 0.25) is 0 Å². The standard InChI is InChI=1S/C16H27N3O/c1-5-15(20)14-7-6-13(12-17-14)18-8-10-19(11-9-18)16(2,3)4/h6-7,12,15,20H,5,8-11H2,1-4H3/t15-/m1/s1. The lowest BCUT2D eigenvalue weighted by Gasteiger charge is -2.43. The molecule has 0 amide bonds. The number of hydrogen-bond donors (Lipinski definition) is 1. The summed E-state index contributed by atoms with van der Waals surface area (Å²) in [6.07, 6.45) is 2.15. The van der Waals surface area contributed by atoms with Crippen molar-refractivity contribution in [2.24, 2.45) is 0 Å². The van der Waals surface area contributed by atoms with Crippen molar-refractivity contribution in [1.82, 2.24) is 9.88 Å². The highest BCUT2D eigenvalue weighted by Crippen LogP contribution is 2.22. The Hall–Kier alpha value is -1.13. The molecule has 1 aromatic rings. The van der Waals surface area contributed by atoms with E-state index in [9.17, 15) is 5.11 Å². The number of aromatic nitrogens is 1. The molecule has 0 radical (unpaired) electrons. The van der Waals surface area contributed by atoms with E-state index >= 15 is 0 Å². The highest BCUT2D eigenvalue weighted by atomic mass is 16.3. The third-order valence-electron chi connectivity index (χ3n) is 4.09. The van der Waals surface area contributed by atoms with Crippen LogP contribution in [0.1, 0.15) is 45.9 Å². The van der Waals surface area contributed by atoms with Crippen LogP contribution in [0.25, 0.3) is 0 Å². The largest absolute Gasteiger partial charge is 0.387 e. The van der Waals surface area contributed by atoms with Gasteiger partial charge in [0.15, 0.2) is 0 Å². The Morgan fingerprint density at radius 3 is 2.30 bits per heavy atom. The third-order valence-corrected chi connectivity index (χ3v) is 4.09. The molecule has 4 nitrogen and oxygen atoms in total. The average molecular weight is 277 g/mol. The fourth-order valence-corrected chi connectivity index (χ4v) is 2.63. The monoisotopic (exact) mass is 277 g/mol. The minimum absolute atomic E-state index is 0.249. The van der Waals surface area contributed by atoms with Crippen LogP contribution in [0.3, 0.4) is 0 Å². The molecule has 20 heavy (non-hydrogen) atoms. The Kier molecular flexibility index (Phi) is 4.66. The first kappa shape index (κ1) is 15.3. The van der Waals surface area contributed by atoms with Crippen molar-refractivity contribution in [1.29, 1.82) is 0 Å². The summed E-state index contributed by atoms with van der Waals surface area (Å²) < 4.78 is 0. The van der Waals surface area contributed by atoms with E-state index in [0.717, 1.165) is 37.6 Å². The maximum absolute atomic E-state index is 9.77. The zero-order chi connectivity index (χ0) is 14.8. The van der Waals surface area contributed by atoms with Gasteiger partial charge in [0.05, 0.1) is 23.7 Å². The normalized spacial score (nSPS) is 19.1. The van der Waals surface area contributed by atoms with Crippen molar-refractivity contribution < 1.29 is 5.11 Å². The van der Waals surface area contributed by atoms with Gasteiger partial charge < -0.3 is 10.0 Å². The Labute approximate surface area is 122 Å². The number of piperazine rings is 1. The molecule has 0 bridgehead atoms. The van der Waals surface area contributed by atoms with Gasteiger partial charge in [-0.25, -0.2) is 0 Å². The minimum Gasteiger partial charge on any atom is -0.387 e. The molecule has 4 heteroatoms. The molecule has 1 fully saturated rings. The van der Waals surface area contributed by atoms with Crippen molar-refractivity contribution >= 4 is 5.69 Å². The van der Waals surface area contributed by atoms with Gasteiger partial charge in [-0.15, -0.1) is 0 Å². The van der Waals surface area contributed by atoms with Crippen LogP contribution in [0.4, 0.5) is 5.69 Å². The maximum Gasteiger partial charge on any atom is 0.0957 e. The van der Waals surface area contributed by atoms with E-state index in [1.54, 1.807) is 0 Å². The van der Waals surface area contributed by atoms with Gasteiger partial charge in [0.25, 0.3) is 0 Å². The molecule has 1 saturated heterocycles. The molecule has 0 saturated carbocycles. The number of aliphatic hydroxyl groups is 1. The zero-order valence-corrected chi connectivity index (χ0v) is 13.1. The van der Waals surface area contributed by atoms with Crippen LogP contribution in [0.15, 0.2) is 18.3 Å². The van der Waals surface area contributed by atoms with E-state index < -0.39 is 6.10 Å². The van der Waals surface area contributed by atoms with E-state index in [-0.39, 0.29) is 5.54 Å². The van der Waals surface area contributed by atoms with E-state index in [1.165, 1.54) is 0 Å². The fourth-order valence-electron chi connectivity index (χ4n) is 2.63. The van der Waals surface area contributed by atoms with Crippen LogP contribution in [-0.2, 0) is 0 Å². The Morgan fingerprint density at radius 2 is 1.85 bits per heavy atom. The molecule has 1 atom stereocenters. The molecule has 1 N–H and O–H groups in total. The highest BCUT2D eigenvalue weighted by molar-refractivity contribution is 5.45. The number of aliphatic hydroxyl groups excluding tert-OH is 1. The average Bonchev–Trinajstić information content (AvgIpc) is 2.46. The number of anilines is 1. The van der Waals surface area contributed by atoms with Crippen molar-refractivity contribution in [3.63, 3.8) is 0 Å². The smallest absolute Gasteiger partial charge is 0.0957 e. The van der Waals surface area contributed by atoms with Gasteiger partial charge in [0.1, 0.15) is 0 Å². The summed E-state index contributed by atoms with van der Waals surface area (Å²) in [7, 11) is 0. The fraction of sp³-hybridized carbons (Fsp3) is 0.688. The Balaban J connectivity index is 1.97. The molecule has 0 aliphatic carbocycles. The van der Waals surface area contributed by atoms with Crippen molar-refractivity contribution in [3.8, 4) is 0 Å². The third kappa shape index (κ3) is 3.49. The Morgan fingerprint density at radius 1 is 1.20 bits per heavy atom. The lowest BCUT2D eigenvalue weighted by atomic mass is 10.0.